The lowest BCUT2D eigenvalue weighted by Crippen LogP contribution is -2.30. The number of carboxylic acids is 1. The topological polar surface area (TPSA) is 46.5 Å². The number of hydrogen-bond donors (Lipinski definition) is 1. The fraction of sp³-hybridized carbons (Fsp3) is 0.462. The van der Waals surface area contributed by atoms with Gasteiger partial charge in [-0.25, -0.2) is 8.78 Å². The first-order chi connectivity index (χ1) is 8.52. The number of carbonyl (C=O) groups is 1. The summed E-state index contributed by atoms with van der Waals surface area (Å²) in [6, 6.07) is 1.92. The fourth-order valence-corrected chi connectivity index (χ4v) is 2.79. The van der Waals surface area contributed by atoms with Gasteiger partial charge in [0.15, 0.2) is 0 Å². The van der Waals surface area contributed by atoms with Gasteiger partial charge in [-0.1, -0.05) is 0 Å². The minimum Gasteiger partial charge on any atom is -0.492 e. The van der Waals surface area contributed by atoms with Gasteiger partial charge < -0.3 is 9.84 Å². The van der Waals surface area contributed by atoms with E-state index in [1.54, 1.807) is 0 Å². The molecule has 1 aromatic carbocycles. The van der Waals surface area contributed by atoms with Crippen molar-refractivity contribution < 1.29 is 23.4 Å². The summed E-state index contributed by atoms with van der Waals surface area (Å²) in [6.07, 6.45) is 1.53. The van der Waals surface area contributed by atoms with Gasteiger partial charge in [-0.3, -0.25) is 4.79 Å². The van der Waals surface area contributed by atoms with Crippen molar-refractivity contribution in [1.82, 2.24) is 0 Å². The van der Waals surface area contributed by atoms with E-state index in [9.17, 15) is 13.6 Å². The van der Waals surface area contributed by atoms with Crippen LogP contribution in [0.3, 0.4) is 0 Å². The van der Waals surface area contributed by atoms with E-state index in [0.29, 0.717) is 6.61 Å². The highest BCUT2D eigenvalue weighted by atomic mass is 19.1. The molecule has 1 N–H and O–H groups in total. The molecule has 2 aliphatic rings. The number of carboxylic acid groups (broad SMARTS) is 1. The molecule has 1 aliphatic carbocycles. The van der Waals surface area contributed by atoms with Crippen molar-refractivity contribution in [2.75, 3.05) is 6.61 Å². The first kappa shape index (κ1) is 11.4. The Balaban J connectivity index is 2.09. The van der Waals surface area contributed by atoms with Gasteiger partial charge in [0.2, 0.25) is 0 Å². The Labute approximate surface area is 102 Å². The van der Waals surface area contributed by atoms with E-state index in [4.69, 9.17) is 9.84 Å². The zero-order valence-corrected chi connectivity index (χ0v) is 9.58. The first-order valence-corrected chi connectivity index (χ1v) is 5.85. The molecule has 1 heterocycles. The molecule has 1 fully saturated rings. The number of rotatable bonds is 2. The number of hydrogen-bond acceptors (Lipinski definition) is 2. The van der Waals surface area contributed by atoms with Crippen LogP contribution in [0.15, 0.2) is 12.1 Å². The molecule has 0 aromatic heterocycles. The summed E-state index contributed by atoms with van der Waals surface area (Å²) in [5, 5.41) is 8.96. The monoisotopic (exact) mass is 254 g/mol. The minimum absolute atomic E-state index is 0.140. The summed E-state index contributed by atoms with van der Waals surface area (Å²) in [6.45, 7) is 0.348. The molecule has 18 heavy (non-hydrogen) atoms. The lowest BCUT2D eigenvalue weighted by Gasteiger charge is -2.33. The van der Waals surface area contributed by atoms with E-state index < -0.39 is 23.5 Å². The molecule has 3 rings (SSSR count). The van der Waals surface area contributed by atoms with Crippen LogP contribution in [0.4, 0.5) is 8.78 Å². The number of ether oxygens (including phenoxy) is 1. The molecule has 3 nitrogen and oxygen atoms in total. The van der Waals surface area contributed by atoms with Crippen LogP contribution in [0.5, 0.6) is 5.75 Å². The summed E-state index contributed by atoms with van der Waals surface area (Å²) >= 11 is 0. The maximum atomic E-state index is 13.9. The number of fused-ring (bicyclic) bond motifs is 1. The summed E-state index contributed by atoms with van der Waals surface area (Å²) in [4.78, 5) is 10.9. The van der Waals surface area contributed by atoms with Crippen molar-refractivity contribution in [2.24, 2.45) is 5.41 Å². The predicted molar refractivity (Wildman–Crippen MR) is 58.5 cm³/mol. The highest BCUT2D eigenvalue weighted by Gasteiger charge is 2.55. The molecule has 0 saturated heterocycles. The Morgan fingerprint density at radius 3 is 2.78 bits per heavy atom. The Bertz CT molecular complexity index is 523. The smallest absolute Gasteiger partial charge is 0.303 e. The Morgan fingerprint density at radius 1 is 1.44 bits per heavy atom. The average molecular weight is 254 g/mol. The summed E-state index contributed by atoms with van der Waals surface area (Å²) in [7, 11) is 0. The van der Waals surface area contributed by atoms with Crippen LogP contribution in [0, 0.1) is 17.0 Å². The molecule has 1 aliphatic heterocycles. The second-order valence-electron chi connectivity index (χ2n) is 5.10. The largest absolute Gasteiger partial charge is 0.492 e. The molecule has 1 aromatic rings. The summed E-state index contributed by atoms with van der Waals surface area (Å²) in [5.74, 6) is -2.65. The van der Waals surface area contributed by atoms with Gasteiger partial charge in [-0.15, -0.1) is 0 Å². The Morgan fingerprint density at radius 2 is 2.17 bits per heavy atom. The van der Waals surface area contributed by atoms with E-state index in [1.807, 2.05) is 0 Å². The second-order valence-corrected chi connectivity index (χ2v) is 5.10. The maximum Gasteiger partial charge on any atom is 0.303 e. The molecule has 0 bridgehead atoms. The molecular weight excluding hydrogens is 242 g/mol. The summed E-state index contributed by atoms with van der Waals surface area (Å²) in [5.41, 5.74) is -0.0353. The average Bonchev–Trinajstić information content (AvgIpc) is 3.02. The van der Waals surface area contributed by atoms with E-state index in [-0.39, 0.29) is 23.1 Å². The molecule has 1 saturated carbocycles. The van der Waals surface area contributed by atoms with Crippen molar-refractivity contribution in [3.05, 3.63) is 29.3 Å². The van der Waals surface area contributed by atoms with Crippen LogP contribution in [0.1, 0.15) is 30.7 Å². The number of benzene rings is 1. The highest BCUT2D eigenvalue weighted by Crippen LogP contribution is 2.61. The van der Waals surface area contributed by atoms with E-state index in [0.717, 1.165) is 25.0 Å². The van der Waals surface area contributed by atoms with Gasteiger partial charge in [0.1, 0.15) is 17.4 Å². The fourth-order valence-electron chi connectivity index (χ4n) is 2.79. The zero-order chi connectivity index (χ0) is 12.9. The third-order valence-electron chi connectivity index (χ3n) is 3.93. The van der Waals surface area contributed by atoms with Crippen LogP contribution < -0.4 is 4.74 Å². The van der Waals surface area contributed by atoms with Crippen molar-refractivity contribution in [3.63, 3.8) is 0 Å². The van der Waals surface area contributed by atoms with Crippen molar-refractivity contribution >= 4 is 5.97 Å². The van der Waals surface area contributed by atoms with Crippen molar-refractivity contribution in [2.45, 2.75) is 25.2 Å². The standard InChI is InChI=1S/C13H12F2O3/c14-7-3-9(15)12-8(5-11(16)17)13(1-2-13)6-18-10(12)4-7/h3-4,8H,1-2,5-6H2,(H,16,17). The molecule has 1 unspecified atom stereocenters. The number of aliphatic carboxylic acids is 1. The molecule has 0 amide bonds. The highest BCUT2D eigenvalue weighted by molar-refractivity contribution is 5.69. The van der Waals surface area contributed by atoms with Crippen LogP contribution in [-0.2, 0) is 4.79 Å². The lowest BCUT2D eigenvalue weighted by atomic mass is 9.79. The van der Waals surface area contributed by atoms with Crippen LogP contribution in [-0.4, -0.2) is 17.7 Å². The zero-order valence-electron chi connectivity index (χ0n) is 9.58. The van der Waals surface area contributed by atoms with Crippen molar-refractivity contribution in [1.29, 1.82) is 0 Å². The van der Waals surface area contributed by atoms with Gasteiger partial charge >= 0.3 is 5.97 Å². The normalized spacial score (nSPS) is 23.3. The second kappa shape index (κ2) is 3.67. The molecule has 96 valence electrons. The predicted octanol–water partition coefficient (Wildman–Crippen LogP) is 2.70. The minimum atomic E-state index is -0.970. The molecule has 1 spiro atoms. The Kier molecular flexibility index (Phi) is 2.33. The van der Waals surface area contributed by atoms with Gasteiger partial charge in [-0.2, -0.15) is 0 Å². The summed E-state index contributed by atoms with van der Waals surface area (Å²) < 4.78 is 32.4. The quantitative estimate of drug-likeness (QED) is 0.882. The maximum absolute atomic E-state index is 13.9. The molecule has 0 radical (unpaired) electrons. The van der Waals surface area contributed by atoms with E-state index in [2.05, 4.69) is 0 Å². The van der Waals surface area contributed by atoms with Gasteiger partial charge in [0, 0.05) is 29.0 Å². The van der Waals surface area contributed by atoms with E-state index >= 15 is 0 Å². The first-order valence-electron chi connectivity index (χ1n) is 5.85. The Hall–Kier alpha value is -1.65. The van der Waals surface area contributed by atoms with E-state index in [1.165, 1.54) is 0 Å². The molecule has 5 heteroatoms. The van der Waals surface area contributed by atoms with Crippen LogP contribution >= 0.6 is 0 Å². The number of halogens is 2. The lowest BCUT2D eigenvalue weighted by molar-refractivity contribution is -0.138. The van der Waals surface area contributed by atoms with Crippen LogP contribution in [0.2, 0.25) is 0 Å². The van der Waals surface area contributed by atoms with Gasteiger partial charge in [0.05, 0.1) is 13.0 Å². The SMILES string of the molecule is O=C(O)CC1c2c(F)cc(F)cc2OCC12CC2. The molecular formula is C13H12F2O3. The third-order valence-corrected chi connectivity index (χ3v) is 3.93. The van der Waals surface area contributed by atoms with Crippen LogP contribution in [0.25, 0.3) is 0 Å². The van der Waals surface area contributed by atoms with Gasteiger partial charge in [-0.05, 0) is 12.8 Å². The third kappa shape index (κ3) is 1.65. The van der Waals surface area contributed by atoms with Crippen molar-refractivity contribution in [3.8, 4) is 5.75 Å². The molecule has 1 atom stereocenters. The van der Waals surface area contributed by atoms with Gasteiger partial charge in [0.25, 0.3) is 0 Å².